The van der Waals surface area contributed by atoms with E-state index in [9.17, 15) is 0 Å². The molecule has 2 aromatic rings. The number of aromatic nitrogens is 2. The summed E-state index contributed by atoms with van der Waals surface area (Å²) in [6.07, 6.45) is 3.45. The number of halogens is 1. The number of nitrogens with one attached hydrogen (secondary N) is 1. The Kier molecular flexibility index (Phi) is 3.51. The number of nitrogens with zero attached hydrogens (tertiary/aromatic N) is 2. The van der Waals surface area contributed by atoms with Crippen LogP contribution in [-0.4, -0.2) is 9.97 Å². The quantitative estimate of drug-likeness (QED) is 0.937. The average Bonchev–Trinajstić information content (AvgIpc) is 2.30. The molecule has 1 aromatic heterocycles. The lowest BCUT2D eigenvalue weighted by molar-refractivity contribution is 1.05. The molecule has 1 N–H and O–H groups in total. The molecule has 0 unspecified atom stereocenters. The van der Waals surface area contributed by atoms with Gasteiger partial charge in [0.2, 0.25) is 5.95 Å². The van der Waals surface area contributed by atoms with Gasteiger partial charge in [-0.25, -0.2) is 9.97 Å². The number of hydrogen-bond acceptors (Lipinski definition) is 3. The van der Waals surface area contributed by atoms with Crippen LogP contribution in [0.4, 0.5) is 5.95 Å². The van der Waals surface area contributed by atoms with Crippen molar-refractivity contribution in [2.24, 2.45) is 0 Å². The second kappa shape index (κ2) is 5.07. The summed E-state index contributed by atoms with van der Waals surface area (Å²) in [5, 5.41) is 3.16. The van der Waals surface area contributed by atoms with Crippen LogP contribution in [0.15, 0.2) is 41.1 Å². The molecule has 1 aromatic carbocycles. The summed E-state index contributed by atoms with van der Waals surface area (Å²) in [6, 6.07) is 8.39. The summed E-state index contributed by atoms with van der Waals surface area (Å²) >= 11 is 3.30. The molecule has 0 aliphatic carbocycles. The van der Waals surface area contributed by atoms with Gasteiger partial charge in [-0.3, -0.25) is 0 Å². The highest BCUT2D eigenvalue weighted by atomic mass is 79.9. The van der Waals surface area contributed by atoms with Crippen molar-refractivity contribution >= 4 is 21.9 Å². The lowest BCUT2D eigenvalue weighted by atomic mass is 10.1. The van der Waals surface area contributed by atoms with Gasteiger partial charge in [-0.2, -0.15) is 0 Å². The van der Waals surface area contributed by atoms with Gasteiger partial charge in [0.1, 0.15) is 0 Å². The fourth-order valence-corrected chi connectivity index (χ4v) is 1.50. The Morgan fingerprint density at radius 2 is 1.75 bits per heavy atom. The van der Waals surface area contributed by atoms with Crippen LogP contribution in [0.1, 0.15) is 11.1 Å². The van der Waals surface area contributed by atoms with Gasteiger partial charge in [0.25, 0.3) is 0 Å². The Morgan fingerprint density at radius 3 is 2.38 bits per heavy atom. The first-order valence-corrected chi connectivity index (χ1v) is 5.80. The molecule has 0 radical (unpaired) electrons. The van der Waals surface area contributed by atoms with Gasteiger partial charge < -0.3 is 5.32 Å². The molecule has 0 spiro atoms. The highest BCUT2D eigenvalue weighted by Crippen LogP contribution is 2.08. The third-order valence-corrected chi connectivity index (χ3v) is 2.60. The second-order valence-electron chi connectivity index (χ2n) is 3.56. The summed E-state index contributed by atoms with van der Waals surface area (Å²) in [5.74, 6) is 0.642. The fraction of sp³-hybridized carbons (Fsp3) is 0.167. The third-order valence-electron chi connectivity index (χ3n) is 2.19. The molecule has 16 heavy (non-hydrogen) atoms. The van der Waals surface area contributed by atoms with Crippen molar-refractivity contribution in [2.45, 2.75) is 13.5 Å². The van der Waals surface area contributed by atoms with Crippen LogP contribution < -0.4 is 5.32 Å². The Labute approximate surface area is 103 Å². The zero-order chi connectivity index (χ0) is 11.4. The maximum atomic E-state index is 4.14. The minimum absolute atomic E-state index is 0.642. The van der Waals surface area contributed by atoms with E-state index in [0.717, 1.165) is 11.0 Å². The Bertz CT molecular complexity index is 405. The van der Waals surface area contributed by atoms with Gasteiger partial charge in [0.15, 0.2) is 0 Å². The van der Waals surface area contributed by atoms with E-state index in [2.05, 4.69) is 62.4 Å². The minimum Gasteiger partial charge on any atom is -0.350 e. The van der Waals surface area contributed by atoms with Crippen LogP contribution in [0, 0.1) is 6.92 Å². The summed E-state index contributed by atoms with van der Waals surface area (Å²) in [4.78, 5) is 8.28. The van der Waals surface area contributed by atoms with Crippen molar-refractivity contribution < 1.29 is 0 Å². The summed E-state index contributed by atoms with van der Waals surface area (Å²) in [7, 11) is 0. The van der Waals surface area contributed by atoms with Crippen LogP contribution in [0.3, 0.4) is 0 Å². The number of aryl methyl sites for hydroxylation is 1. The Morgan fingerprint density at radius 1 is 1.12 bits per heavy atom. The molecule has 2 rings (SSSR count). The first kappa shape index (κ1) is 11.1. The zero-order valence-electron chi connectivity index (χ0n) is 8.94. The number of rotatable bonds is 3. The van der Waals surface area contributed by atoms with E-state index in [1.54, 1.807) is 12.4 Å². The number of anilines is 1. The number of benzene rings is 1. The lowest BCUT2D eigenvalue weighted by Crippen LogP contribution is -2.02. The Hall–Kier alpha value is -1.42. The summed E-state index contributed by atoms with van der Waals surface area (Å²) < 4.78 is 0.883. The predicted molar refractivity (Wildman–Crippen MR) is 68.2 cm³/mol. The molecule has 82 valence electrons. The van der Waals surface area contributed by atoms with E-state index < -0.39 is 0 Å². The minimum atomic E-state index is 0.642. The highest BCUT2D eigenvalue weighted by Gasteiger charge is 1.96. The molecule has 0 fully saturated rings. The molecule has 0 atom stereocenters. The van der Waals surface area contributed by atoms with Gasteiger partial charge in [-0.15, -0.1) is 0 Å². The highest BCUT2D eigenvalue weighted by molar-refractivity contribution is 9.10. The average molecular weight is 278 g/mol. The first-order chi connectivity index (χ1) is 7.74. The maximum Gasteiger partial charge on any atom is 0.222 e. The van der Waals surface area contributed by atoms with Crippen molar-refractivity contribution in [1.82, 2.24) is 9.97 Å². The van der Waals surface area contributed by atoms with Crippen LogP contribution in [-0.2, 0) is 6.54 Å². The largest absolute Gasteiger partial charge is 0.350 e. The normalized spacial score (nSPS) is 10.1. The van der Waals surface area contributed by atoms with E-state index in [1.807, 2.05) is 0 Å². The van der Waals surface area contributed by atoms with E-state index >= 15 is 0 Å². The predicted octanol–water partition coefficient (Wildman–Crippen LogP) is 3.16. The van der Waals surface area contributed by atoms with E-state index in [1.165, 1.54) is 11.1 Å². The molecule has 1 heterocycles. The van der Waals surface area contributed by atoms with Crippen LogP contribution >= 0.6 is 15.9 Å². The van der Waals surface area contributed by atoms with Crippen molar-refractivity contribution in [1.29, 1.82) is 0 Å². The van der Waals surface area contributed by atoms with Crippen LogP contribution in [0.25, 0.3) is 0 Å². The third kappa shape index (κ3) is 3.03. The SMILES string of the molecule is Cc1ccc(CNc2ncc(Br)cn2)cc1. The second-order valence-corrected chi connectivity index (χ2v) is 4.48. The van der Waals surface area contributed by atoms with Crippen molar-refractivity contribution in [3.05, 3.63) is 52.3 Å². The molecule has 3 nitrogen and oxygen atoms in total. The molecule has 4 heteroatoms. The van der Waals surface area contributed by atoms with Crippen LogP contribution in [0.2, 0.25) is 0 Å². The van der Waals surface area contributed by atoms with E-state index in [4.69, 9.17) is 0 Å². The summed E-state index contributed by atoms with van der Waals surface area (Å²) in [5.41, 5.74) is 2.49. The molecule has 0 aliphatic rings. The van der Waals surface area contributed by atoms with Crippen molar-refractivity contribution in [3.8, 4) is 0 Å². The first-order valence-electron chi connectivity index (χ1n) is 5.01. The Balaban J connectivity index is 1.97. The van der Waals surface area contributed by atoms with Gasteiger partial charge in [0.05, 0.1) is 4.47 Å². The number of hydrogen-bond donors (Lipinski definition) is 1. The van der Waals surface area contributed by atoms with Gasteiger partial charge in [-0.05, 0) is 28.4 Å². The van der Waals surface area contributed by atoms with Crippen molar-refractivity contribution in [3.63, 3.8) is 0 Å². The fourth-order valence-electron chi connectivity index (χ4n) is 1.29. The topological polar surface area (TPSA) is 37.8 Å². The molecule has 0 amide bonds. The van der Waals surface area contributed by atoms with Crippen LogP contribution in [0.5, 0.6) is 0 Å². The molecule has 0 bridgehead atoms. The zero-order valence-corrected chi connectivity index (χ0v) is 10.5. The van der Waals surface area contributed by atoms with E-state index in [0.29, 0.717) is 5.95 Å². The monoisotopic (exact) mass is 277 g/mol. The molecular weight excluding hydrogens is 266 g/mol. The van der Waals surface area contributed by atoms with Crippen molar-refractivity contribution in [2.75, 3.05) is 5.32 Å². The maximum absolute atomic E-state index is 4.14. The smallest absolute Gasteiger partial charge is 0.222 e. The van der Waals surface area contributed by atoms with Gasteiger partial charge in [0, 0.05) is 18.9 Å². The lowest BCUT2D eigenvalue weighted by Gasteiger charge is -2.04. The molecule has 0 aliphatic heterocycles. The standard InChI is InChI=1S/C12H12BrN3/c1-9-2-4-10(5-3-9)6-14-12-15-7-11(13)8-16-12/h2-5,7-8H,6H2,1H3,(H,14,15,16). The molecular formula is C12H12BrN3. The molecule has 0 saturated carbocycles. The molecule has 0 saturated heterocycles. The summed E-state index contributed by atoms with van der Waals surface area (Å²) in [6.45, 7) is 2.82. The van der Waals surface area contributed by atoms with E-state index in [-0.39, 0.29) is 0 Å². The van der Waals surface area contributed by atoms with Gasteiger partial charge in [-0.1, -0.05) is 29.8 Å². The van der Waals surface area contributed by atoms with Gasteiger partial charge >= 0.3 is 0 Å².